The molecule has 0 bridgehead atoms. The van der Waals surface area contributed by atoms with E-state index >= 15 is 0 Å². The SMILES string of the molecule is CC(=O)Oc1cn(Cc2ccccc2)c2c1c(=O)n(Cc1ccccc1)c(=O)n2Cc1ccccc1. The third-order valence-corrected chi connectivity index (χ3v) is 6.01. The summed E-state index contributed by atoms with van der Waals surface area (Å²) in [7, 11) is 0. The number of carbonyl (C=O) groups excluding carboxylic acids is 1. The highest BCUT2D eigenvalue weighted by Crippen LogP contribution is 2.26. The van der Waals surface area contributed by atoms with Crippen LogP contribution in [0.5, 0.6) is 5.75 Å². The fourth-order valence-corrected chi connectivity index (χ4v) is 4.42. The Hall–Kier alpha value is -4.65. The zero-order valence-corrected chi connectivity index (χ0v) is 19.8. The summed E-state index contributed by atoms with van der Waals surface area (Å²) in [6.45, 7) is 2.05. The van der Waals surface area contributed by atoms with Crippen molar-refractivity contribution in [1.82, 2.24) is 13.7 Å². The minimum Gasteiger partial charge on any atom is -0.424 e. The van der Waals surface area contributed by atoms with Crippen molar-refractivity contribution >= 4 is 17.0 Å². The maximum atomic E-state index is 13.9. The lowest BCUT2D eigenvalue weighted by Crippen LogP contribution is -2.41. The molecule has 5 aromatic rings. The van der Waals surface area contributed by atoms with E-state index in [-0.39, 0.29) is 24.2 Å². The molecule has 0 aliphatic rings. The van der Waals surface area contributed by atoms with Gasteiger partial charge >= 0.3 is 11.7 Å². The molecule has 2 aromatic heterocycles. The van der Waals surface area contributed by atoms with Gasteiger partial charge < -0.3 is 9.30 Å². The van der Waals surface area contributed by atoms with E-state index in [1.807, 2.05) is 95.6 Å². The highest BCUT2D eigenvalue weighted by molar-refractivity contribution is 5.86. The van der Waals surface area contributed by atoms with Crippen LogP contribution in [0.2, 0.25) is 0 Å². The molecule has 0 fully saturated rings. The van der Waals surface area contributed by atoms with E-state index in [9.17, 15) is 14.4 Å². The first-order valence-corrected chi connectivity index (χ1v) is 11.7. The lowest BCUT2D eigenvalue weighted by atomic mass is 10.2. The van der Waals surface area contributed by atoms with Crippen LogP contribution < -0.4 is 16.0 Å². The molecule has 5 rings (SSSR count). The maximum absolute atomic E-state index is 13.9. The molecule has 0 saturated carbocycles. The van der Waals surface area contributed by atoms with E-state index in [0.717, 1.165) is 16.7 Å². The van der Waals surface area contributed by atoms with Crippen LogP contribution >= 0.6 is 0 Å². The van der Waals surface area contributed by atoms with Gasteiger partial charge in [-0.15, -0.1) is 0 Å². The molecule has 0 radical (unpaired) electrons. The molecule has 3 aromatic carbocycles. The zero-order chi connectivity index (χ0) is 25.1. The second-order valence-electron chi connectivity index (χ2n) is 8.63. The molecular weight excluding hydrogens is 454 g/mol. The van der Waals surface area contributed by atoms with Crippen molar-refractivity contribution in [1.29, 1.82) is 0 Å². The molecule has 0 aliphatic carbocycles. The van der Waals surface area contributed by atoms with Crippen molar-refractivity contribution < 1.29 is 9.53 Å². The number of ether oxygens (including phenoxy) is 1. The fraction of sp³-hybridized carbons (Fsp3) is 0.138. The Balaban J connectivity index is 1.79. The van der Waals surface area contributed by atoms with Crippen molar-refractivity contribution in [3.8, 4) is 5.75 Å². The molecule has 0 unspecified atom stereocenters. The number of aromatic nitrogens is 3. The van der Waals surface area contributed by atoms with Crippen molar-refractivity contribution in [3.63, 3.8) is 0 Å². The molecule has 180 valence electrons. The summed E-state index contributed by atoms with van der Waals surface area (Å²) in [4.78, 5) is 39.6. The smallest absolute Gasteiger partial charge is 0.333 e. The van der Waals surface area contributed by atoms with E-state index in [1.165, 1.54) is 11.5 Å². The van der Waals surface area contributed by atoms with Crippen molar-refractivity contribution in [2.24, 2.45) is 0 Å². The van der Waals surface area contributed by atoms with Crippen molar-refractivity contribution in [2.75, 3.05) is 0 Å². The molecule has 0 atom stereocenters. The predicted octanol–water partition coefficient (Wildman–Crippen LogP) is 4.03. The molecule has 0 saturated heterocycles. The van der Waals surface area contributed by atoms with E-state index in [2.05, 4.69) is 0 Å². The average Bonchev–Trinajstić information content (AvgIpc) is 3.23. The number of fused-ring (bicyclic) bond motifs is 1. The van der Waals surface area contributed by atoms with Gasteiger partial charge in [0.1, 0.15) is 11.0 Å². The van der Waals surface area contributed by atoms with Gasteiger partial charge in [-0.3, -0.25) is 18.7 Å². The minimum absolute atomic E-state index is 0.104. The van der Waals surface area contributed by atoms with Crippen LogP contribution in [0.1, 0.15) is 23.6 Å². The second-order valence-corrected chi connectivity index (χ2v) is 8.63. The van der Waals surface area contributed by atoms with Gasteiger partial charge in [0.15, 0.2) is 5.75 Å². The molecule has 2 heterocycles. The monoisotopic (exact) mass is 479 g/mol. The number of benzene rings is 3. The van der Waals surface area contributed by atoms with E-state index in [1.54, 1.807) is 10.8 Å². The Labute approximate surface area is 207 Å². The second kappa shape index (κ2) is 9.92. The number of carbonyl (C=O) groups is 1. The molecule has 0 amide bonds. The first-order chi connectivity index (χ1) is 17.5. The van der Waals surface area contributed by atoms with Crippen LogP contribution in [-0.4, -0.2) is 19.7 Å². The molecule has 36 heavy (non-hydrogen) atoms. The van der Waals surface area contributed by atoms with Crippen LogP contribution in [0.15, 0.2) is 107 Å². The molecule has 7 heteroatoms. The van der Waals surface area contributed by atoms with Crippen LogP contribution in [0.3, 0.4) is 0 Å². The summed E-state index contributed by atoms with van der Waals surface area (Å²) in [5, 5.41) is 0.201. The van der Waals surface area contributed by atoms with Gasteiger partial charge in [-0.05, 0) is 16.7 Å². The Morgan fingerprint density at radius 2 is 1.17 bits per heavy atom. The Morgan fingerprint density at radius 1 is 0.694 bits per heavy atom. The number of hydrogen-bond acceptors (Lipinski definition) is 4. The van der Waals surface area contributed by atoms with E-state index < -0.39 is 17.2 Å². The fourth-order valence-electron chi connectivity index (χ4n) is 4.42. The molecular formula is C29H25N3O4. The quantitative estimate of drug-likeness (QED) is 0.330. The lowest BCUT2D eigenvalue weighted by molar-refractivity contribution is -0.131. The highest BCUT2D eigenvalue weighted by Gasteiger charge is 2.23. The van der Waals surface area contributed by atoms with Gasteiger partial charge in [-0.2, -0.15) is 0 Å². The first kappa shape index (κ1) is 23.1. The highest BCUT2D eigenvalue weighted by atomic mass is 16.5. The molecule has 7 nitrogen and oxygen atoms in total. The summed E-state index contributed by atoms with van der Waals surface area (Å²) in [5.41, 5.74) is 2.20. The van der Waals surface area contributed by atoms with Crippen molar-refractivity contribution in [3.05, 3.63) is 135 Å². The third kappa shape index (κ3) is 4.63. The van der Waals surface area contributed by atoms with Gasteiger partial charge in [-0.1, -0.05) is 91.0 Å². The number of rotatable bonds is 7. The van der Waals surface area contributed by atoms with Crippen molar-refractivity contribution in [2.45, 2.75) is 26.6 Å². The maximum Gasteiger partial charge on any atom is 0.333 e. The average molecular weight is 480 g/mol. The molecule has 0 N–H and O–H groups in total. The summed E-state index contributed by atoms with van der Waals surface area (Å²) >= 11 is 0. The lowest BCUT2D eigenvalue weighted by Gasteiger charge is -2.15. The third-order valence-electron chi connectivity index (χ3n) is 6.01. The number of nitrogens with zero attached hydrogens (tertiary/aromatic N) is 3. The van der Waals surface area contributed by atoms with Crippen LogP contribution in [0.25, 0.3) is 11.0 Å². The van der Waals surface area contributed by atoms with E-state index in [0.29, 0.717) is 12.2 Å². The Kier molecular flexibility index (Phi) is 6.36. The summed E-state index contributed by atoms with van der Waals surface area (Å²) in [6.07, 6.45) is 1.63. The van der Waals surface area contributed by atoms with E-state index in [4.69, 9.17) is 4.74 Å². The number of esters is 1. The van der Waals surface area contributed by atoms with Gasteiger partial charge in [0.2, 0.25) is 0 Å². The van der Waals surface area contributed by atoms with Crippen LogP contribution in [0.4, 0.5) is 0 Å². The van der Waals surface area contributed by atoms with Crippen LogP contribution in [-0.2, 0) is 24.4 Å². The largest absolute Gasteiger partial charge is 0.424 e. The summed E-state index contributed by atoms with van der Waals surface area (Å²) < 4.78 is 10.1. The number of hydrogen-bond donors (Lipinski definition) is 0. The Morgan fingerprint density at radius 3 is 1.67 bits per heavy atom. The predicted molar refractivity (Wildman–Crippen MR) is 138 cm³/mol. The molecule has 0 aliphatic heterocycles. The summed E-state index contributed by atoms with van der Waals surface area (Å²) in [6, 6.07) is 28.6. The standard InChI is InChI=1S/C29H25N3O4/c1-21(33)36-25-20-30(17-22-11-5-2-6-12-22)27-26(25)28(34)32(19-24-15-9-4-10-16-24)29(35)31(27)18-23-13-7-3-8-14-23/h2-16,20H,17-19H2,1H3. The van der Waals surface area contributed by atoms with Gasteiger partial charge in [0.25, 0.3) is 5.56 Å². The van der Waals surface area contributed by atoms with Crippen LogP contribution in [0, 0.1) is 0 Å². The minimum atomic E-state index is -0.538. The Bertz CT molecular complexity index is 1630. The summed E-state index contributed by atoms with van der Waals surface area (Å²) in [5.74, 6) is -0.398. The topological polar surface area (TPSA) is 75.2 Å². The normalized spacial score (nSPS) is 11.0. The van der Waals surface area contributed by atoms with Gasteiger partial charge in [0.05, 0.1) is 13.1 Å². The zero-order valence-electron chi connectivity index (χ0n) is 19.8. The van der Waals surface area contributed by atoms with Gasteiger partial charge in [0, 0.05) is 19.7 Å². The van der Waals surface area contributed by atoms with Gasteiger partial charge in [-0.25, -0.2) is 4.79 Å². The first-order valence-electron chi connectivity index (χ1n) is 11.7. The molecule has 0 spiro atoms.